The third-order valence-electron chi connectivity index (χ3n) is 5.88. The van der Waals surface area contributed by atoms with Gasteiger partial charge in [0, 0.05) is 16.7 Å². The molecule has 0 aromatic heterocycles. The van der Waals surface area contributed by atoms with Crippen LogP contribution < -0.4 is 0 Å². The summed E-state index contributed by atoms with van der Waals surface area (Å²) in [5.41, 5.74) is 0.634. The first-order valence-electron chi connectivity index (χ1n) is 8.78. The van der Waals surface area contributed by atoms with Crippen molar-refractivity contribution in [2.45, 2.75) is 37.9 Å². The lowest BCUT2D eigenvalue weighted by Gasteiger charge is -2.30. The van der Waals surface area contributed by atoms with Crippen molar-refractivity contribution < 1.29 is 28.6 Å². The lowest BCUT2D eigenvalue weighted by atomic mass is 9.72. The second-order valence-electron chi connectivity index (χ2n) is 7.27. The van der Waals surface area contributed by atoms with Gasteiger partial charge in [0.15, 0.2) is 5.78 Å². The zero-order valence-electron chi connectivity index (χ0n) is 15.7. The molecule has 1 aliphatic carbocycles. The number of Topliss-reactive ketones (excluding diaryl/α,β-unsaturated/α-hetero) is 1. The number of benzene rings is 1. The minimum absolute atomic E-state index is 0.0945. The fourth-order valence-corrected chi connectivity index (χ4v) is 4.75. The number of ketones is 1. The molecule has 0 radical (unpaired) electrons. The maximum Gasteiger partial charge on any atom is 0.337 e. The minimum Gasteiger partial charge on any atom is -0.466 e. The van der Waals surface area contributed by atoms with Gasteiger partial charge in [-0.05, 0) is 32.3 Å². The summed E-state index contributed by atoms with van der Waals surface area (Å²) in [5.74, 6) is -1.35. The van der Waals surface area contributed by atoms with Crippen molar-refractivity contribution in [1.29, 1.82) is 0 Å². The van der Waals surface area contributed by atoms with Gasteiger partial charge < -0.3 is 14.2 Å². The molecule has 0 saturated carbocycles. The Morgan fingerprint density at radius 3 is 2.22 bits per heavy atom. The van der Waals surface area contributed by atoms with Gasteiger partial charge in [-0.3, -0.25) is 4.79 Å². The average molecular weight is 368 g/mol. The molecule has 4 rings (SSSR count). The van der Waals surface area contributed by atoms with Crippen LogP contribution in [0.1, 0.15) is 42.6 Å². The van der Waals surface area contributed by atoms with Crippen molar-refractivity contribution in [1.82, 2.24) is 0 Å². The van der Waals surface area contributed by atoms with Crippen LogP contribution in [0.5, 0.6) is 0 Å². The molecule has 0 N–H and O–H groups in total. The van der Waals surface area contributed by atoms with E-state index in [2.05, 4.69) is 0 Å². The van der Waals surface area contributed by atoms with E-state index in [-0.39, 0.29) is 16.9 Å². The van der Waals surface area contributed by atoms with Gasteiger partial charge >= 0.3 is 11.9 Å². The molecular formula is C21H20O6. The monoisotopic (exact) mass is 368 g/mol. The molecule has 0 spiro atoms. The van der Waals surface area contributed by atoms with Crippen molar-refractivity contribution in [3.8, 4) is 0 Å². The van der Waals surface area contributed by atoms with Crippen LogP contribution in [0.2, 0.25) is 0 Å². The summed E-state index contributed by atoms with van der Waals surface area (Å²) >= 11 is 0. The summed E-state index contributed by atoms with van der Waals surface area (Å²) in [7, 11) is 2.53. The number of carbonyl (C=O) groups is 3. The van der Waals surface area contributed by atoms with E-state index in [0.29, 0.717) is 29.6 Å². The highest BCUT2D eigenvalue weighted by Gasteiger charge is 2.65. The third kappa shape index (κ3) is 2.07. The Kier molecular flexibility index (Phi) is 3.69. The van der Waals surface area contributed by atoms with E-state index in [4.69, 9.17) is 14.2 Å². The molecule has 2 aliphatic heterocycles. The van der Waals surface area contributed by atoms with E-state index in [1.54, 1.807) is 26.0 Å². The number of methoxy groups -OCH3 is 2. The lowest BCUT2D eigenvalue weighted by molar-refractivity contribution is -0.140. The molecule has 1 aromatic rings. The Morgan fingerprint density at radius 2 is 1.59 bits per heavy atom. The van der Waals surface area contributed by atoms with E-state index in [0.717, 1.165) is 5.56 Å². The minimum atomic E-state index is -1.20. The van der Waals surface area contributed by atoms with E-state index < -0.39 is 23.1 Å². The SMILES string of the molecule is COC(=O)C1=C(C(=O)OC)C2(C3=C(C)C(=O)c4ccccc43)CCC1(C)O2. The molecule has 2 atom stereocenters. The molecule has 1 aromatic carbocycles. The Bertz CT molecular complexity index is 969. The van der Waals surface area contributed by atoms with Crippen LogP contribution in [-0.2, 0) is 23.8 Å². The number of fused-ring (bicyclic) bond motifs is 3. The van der Waals surface area contributed by atoms with Crippen molar-refractivity contribution in [2.24, 2.45) is 0 Å². The first-order valence-corrected chi connectivity index (χ1v) is 8.78. The molecule has 0 amide bonds. The van der Waals surface area contributed by atoms with Crippen LogP contribution in [-0.4, -0.2) is 43.1 Å². The molecule has 2 unspecified atom stereocenters. The number of allylic oxidation sites excluding steroid dienone is 1. The van der Waals surface area contributed by atoms with Crippen LogP contribution in [0.15, 0.2) is 41.0 Å². The largest absolute Gasteiger partial charge is 0.466 e. The van der Waals surface area contributed by atoms with Crippen LogP contribution in [0, 0.1) is 0 Å². The maximum atomic E-state index is 12.8. The topological polar surface area (TPSA) is 78.9 Å². The number of carbonyl (C=O) groups excluding carboxylic acids is 3. The summed E-state index contributed by atoms with van der Waals surface area (Å²) < 4.78 is 16.3. The van der Waals surface area contributed by atoms with Gasteiger partial charge in [-0.15, -0.1) is 0 Å². The van der Waals surface area contributed by atoms with E-state index in [1.807, 2.05) is 12.1 Å². The summed E-state index contributed by atoms with van der Waals surface area (Å²) in [6.07, 6.45) is 1.01. The first-order chi connectivity index (χ1) is 12.8. The Labute approximate surface area is 156 Å². The van der Waals surface area contributed by atoms with Gasteiger partial charge in [-0.25, -0.2) is 9.59 Å². The van der Waals surface area contributed by atoms with Gasteiger partial charge in [0.05, 0.1) is 31.0 Å². The van der Waals surface area contributed by atoms with Crippen molar-refractivity contribution >= 4 is 23.3 Å². The fraction of sp³-hybridized carbons (Fsp3) is 0.381. The predicted octanol–water partition coefficient (Wildman–Crippen LogP) is 2.62. The highest BCUT2D eigenvalue weighted by molar-refractivity contribution is 6.23. The first kappa shape index (κ1) is 17.7. The van der Waals surface area contributed by atoms with Crippen molar-refractivity contribution in [2.75, 3.05) is 14.2 Å². The Balaban J connectivity index is 2.03. The van der Waals surface area contributed by atoms with Crippen molar-refractivity contribution in [3.63, 3.8) is 0 Å². The van der Waals surface area contributed by atoms with Crippen LogP contribution in [0.4, 0.5) is 0 Å². The normalized spacial score (nSPS) is 28.7. The number of rotatable bonds is 3. The Hall–Kier alpha value is -2.73. The second kappa shape index (κ2) is 5.63. The van der Waals surface area contributed by atoms with Gasteiger partial charge in [0.1, 0.15) is 5.60 Å². The standard InChI is InChI=1S/C21H20O6/c1-11-14(12-7-5-6-8-13(12)17(11)22)21-10-9-20(2,27-21)15(18(23)25-3)16(21)19(24)26-4/h5-8H,9-10H2,1-4H3. The number of hydrogen-bond donors (Lipinski definition) is 0. The molecule has 3 aliphatic rings. The highest BCUT2D eigenvalue weighted by atomic mass is 16.6. The second-order valence-corrected chi connectivity index (χ2v) is 7.27. The number of hydrogen-bond acceptors (Lipinski definition) is 6. The van der Waals surface area contributed by atoms with E-state index in [9.17, 15) is 14.4 Å². The van der Waals surface area contributed by atoms with Crippen LogP contribution >= 0.6 is 0 Å². The van der Waals surface area contributed by atoms with Crippen LogP contribution in [0.3, 0.4) is 0 Å². The Morgan fingerprint density at radius 1 is 1.00 bits per heavy atom. The highest BCUT2D eigenvalue weighted by Crippen LogP contribution is 2.61. The lowest BCUT2D eigenvalue weighted by Crippen LogP contribution is -2.36. The summed E-state index contributed by atoms with van der Waals surface area (Å²) in [6, 6.07) is 7.25. The van der Waals surface area contributed by atoms with E-state index in [1.165, 1.54) is 14.2 Å². The van der Waals surface area contributed by atoms with Crippen LogP contribution in [0.25, 0.3) is 5.57 Å². The maximum absolute atomic E-state index is 12.8. The molecule has 140 valence electrons. The molecule has 27 heavy (non-hydrogen) atoms. The molecular weight excluding hydrogens is 348 g/mol. The number of esters is 2. The zero-order chi connectivity index (χ0) is 19.6. The summed E-state index contributed by atoms with van der Waals surface area (Å²) in [5, 5.41) is 0. The number of ether oxygens (including phenoxy) is 3. The molecule has 6 heteroatoms. The molecule has 2 bridgehead atoms. The summed E-state index contributed by atoms with van der Waals surface area (Å²) in [6.45, 7) is 3.51. The molecule has 2 heterocycles. The van der Waals surface area contributed by atoms with Gasteiger partial charge in [-0.2, -0.15) is 0 Å². The molecule has 1 fully saturated rings. The summed E-state index contributed by atoms with van der Waals surface area (Å²) in [4.78, 5) is 38.1. The van der Waals surface area contributed by atoms with Gasteiger partial charge in [0.2, 0.25) is 0 Å². The van der Waals surface area contributed by atoms with Crippen molar-refractivity contribution in [3.05, 3.63) is 52.1 Å². The third-order valence-corrected chi connectivity index (χ3v) is 5.88. The van der Waals surface area contributed by atoms with E-state index >= 15 is 0 Å². The molecule has 6 nitrogen and oxygen atoms in total. The quantitative estimate of drug-likeness (QED) is 0.763. The zero-order valence-corrected chi connectivity index (χ0v) is 15.7. The van der Waals surface area contributed by atoms with Gasteiger partial charge in [0.25, 0.3) is 0 Å². The smallest absolute Gasteiger partial charge is 0.337 e. The van der Waals surface area contributed by atoms with Gasteiger partial charge in [-0.1, -0.05) is 24.3 Å². The average Bonchev–Trinajstić information content (AvgIpc) is 3.24. The molecule has 1 saturated heterocycles. The predicted molar refractivity (Wildman–Crippen MR) is 95.9 cm³/mol. The fourth-order valence-electron chi connectivity index (χ4n) is 4.75.